The molecule has 1 aliphatic carbocycles. The number of ether oxygens (including phenoxy) is 1. The van der Waals surface area contributed by atoms with Crippen LogP contribution in [0.5, 0.6) is 5.75 Å². The number of hydrogen-bond acceptors (Lipinski definition) is 5. The van der Waals surface area contributed by atoms with Crippen LogP contribution in [-0.4, -0.2) is 36.1 Å². The summed E-state index contributed by atoms with van der Waals surface area (Å²) in [4.78, 5) is 12.0. The van der Waals surface area contributed by atoms with Gasteiger partial charge in [-0.15, -0.1) is 0 Å². The highest BCUT2D eigenvalue weighted by Gasteiger charge is 2.36. The molecule has 0 amide bonds. The molecule has 6 rings (SSSR count). The van der Waals surface area contributed by atoms with Gasteiger partial charge in [0, 0.05) is 41.1 Å². The van der Waals surface area contributed by atoms with E-state index in [0.717, 1.165) is 56.3 Å². The van der Waals surface area contributed by atoms with Crippen molar-refractivity contribution < 1.29 is 4.74 Å². The molecule has 2 fully saturated rings. The molecule has 2 aliphatic heterocycles. The summed E-state index contributed by atoms with van der Waals surface area (Å²) in [5.41, 5.74) is 6.53. The first kappa shape index (κ1) is 26.9. The molecule has 0 saturated carbocycles. The number of fused-ring (bicyclic) bond motifs is 1. The summed E-state index contributed by atoms with van der Waals surface area (Å²) in [7, 11) is 0. The minimum Gasteiger partial charge on any atom is -0.489 e. The topological polar surface area (TPSA) is 50.3 Å². The molecule has 1 aromatic heterocycles. The van der Waals surface area contributed by atoms with Gasteiger partial charge in [-0.05, 0) is 85.9 Å². The summed E-state index contributed by atoms with van der Waals surface area (Å²) in [6.45, 7) is 9.02. The van der Waals surface area contributed by atoms with Gasteiger partial charge in [-0.25, -0.2) is 9.97 Å². The predicted molar refractivity (Wildman–Crippen MR) is 160 cm³/mol. The van der Waals surface area contributed by atoms with Gasteiger partial charge in [0.1, 0.15) is 12.4 Å². The average molecular weight is 576 g/mol. The molecule has 3 heterocycles. The molecule has 0 radical (unpaired) electrons. The molecule has 0 atom stereocenters. The van der Waals surface area contributed by atoms with E-state index in [9.17, 15) is 0 Å². The van der Waals surface area contributed by atoms with Crippen LogP contribution in [0.25, 0.3) is 5.57 Å². The van der Waals surface area contributed by atoms with E-state index in [1.165, 1.54) is 52.4 Å². The molecule has 0 bridgehead atoms. The van der Waals surface area contributed by atoms with Crippen LogP contribution in [-0.2, 0) is 13.0 Å². The van der Waals surface area contributed by atoms with E-state index in [1.54, 1.807) is 0 Å². The van der Waals surface area contributed by atoms with E-state index in [0.29, 0.717) is 12.0 Å². The van der Waals surface area contributed by atoms with Crippen LogP contribution in [0.1, 0.15) is 68.2 Å². The van der Waals surface area contributed by atoms with Gasteiger partial charge in [0.05, 0.1) is 0 Å². The molecule has 1 N–H and O–H groups in total. The highest BCUT2D eigenvalue weighted by molar-refractivity contribution is 9.11. The van der Waals surface area contributed by atoms with Gasteiger partial charge in [0.2, 0.25) is 5.95 Å². The van der Waals surface area contributed by atoms with Crippen molar-refractivity contribution in [3.8, 4) is 5.75 Å². The van der Waals surface area contributed by atoms with Gasteiger partial charge in [-0.1, -0.05) is 66.2 Å². The van der Waals surface area contributed by atoms with E-state index in [1.807, 2.05) is 44.4 Å². The Bertz CT molecular complexity index is 1230. The van der Waals surface area contributed by atoms with E-state index >= 15 is 0 Å². The van der Waals surface area contributed by atoms with Crippen molar-refractivity contribution in [2.45, 2.75) is 59.0 Å². The molecule has 0 unspecified atom stereocenters. The van der Waals surface area contributed by atoms with E-state index in [-0.39, 0.29) is 0 Å². The molecule has 2 aromatic carbocycles. The lowest BCUT2D eigenvalue weighted by Gasteiger charge is -2.44. The standard InChI is InChI=1S/C30H33BrN4O.C2H6/c31-27-9-6-23-18-25(36-21-22-4-2-1-3-5-22)7-8-26(23)28(27)24-19-33-29(34-20-24)35-16-12-30(13-17-35)10-14-32-15-11-30;1-2/h1-5,7-8,18-20,32H,6,9-17,21H2;1-2H3. The summed E-state index contributed by atoms with van der Waals surface area (Å²) in [6, 6.07) is 16.8. The first-order chi connectivity index (χ1) is 18.7. The highest BCUT2D eigenvalue weighted by Crippen LogP contribution is 2.41. The third-order valence-electron chi connectivity index (χ3n) is 8.18. The van der Waals surface area contributed by atoms with Gasteiger partial charge < -0.3 is 15.0 Å². The predicted octanol–water partition coefficient (Wildman–Crippen LogP) is 7.15. The van der Waals surface area contributed by atoms with Crippen LogP contribution in [0.4, 0.5) is 5.95 Å². The summed E-state index contributed by atoms with van der Waals surface area (Å²) in [5, 5.41) is 3.51. The number of piperidine rings is 2. The fourth-order valence-corrected chi connectivity index (χ4v) is 6.57. The van der Waals surface area contributed by atoms with E-state index in [2.05, 4.69) is 56.5 Å². The normalized spacial score (nSPS) is 18.4. The van der Waals surface area contributed by atoms with Crippen molar-refractivity contribution >= 4 is 27.5 Å². The second kappa shape index (κ2) is 12.4. The number of hydrogen-bond donors (Lipinski definition) is 1. The monoisotopic (exact) mass is 574 g/mol. The second-order valence-electron chi connectivity index (χ2n) is 10.4. The van der Waals surface area contributed by atoms with Gasteiger partial charge in [0.15, 0.2) is 0 Å². The maximum Gasteiger partial charge on any atom is 0.225 e. The summed E-state index contributed by atoms with van der Waals surface area (Å²) in [5.74, 6) is 1.78. The summed E-state index contributed by atoms with van der Waals surface area (Å²) in [6.07, 6.45) is 11.1. The largest absolute Gasteiger partial charge is 0.489 e. The molecule has 200 valence electrons. The Morgan fingerprint density at radius 3 is 2.34 bits per heavy atom. The van der Waals surface area contributed by atoms with Crippen LogP contribution in [0.3, 0.4) is 0 Å². The van der Waals surface area contributed by atoms with Crippen molar-refractivity contribution in [2.75, 3.05) is 31.1 Å². The van der Waals surface area contributed by atoms with Crippen LogP contribution < -0.4 is 15.0 Å². The summed E-state index contributed by atoms with van der Waals surface area (Å²) < 4.78 is 7.31. The van der Waals surface area contributed by atoms with Crippen molar-refractivity contribution in [2.24, 2.45) is 5.41 Å². The number of nitrogens with zero attached hydrogens (tertiary/aromatic N) is 3. The molecule has 1 spiro atoms. The molecule has 2 saturated heterocycles. The second-order valence-corrected chi connectivity index (χ2v) is 11.3. The first-order valence-electron chi connectivity index (χ1n) is 14.2. The number of benzene rings is 2. The number of anilines is 1. The fourth-order valence-electron chi connectivity index (χ4n) is 5.93. The maximum absolute atomic E-state index is 6.09. The highest BCUT2D eigenvalue weighted by atomic mass is 79.9. The van der Waals surface area contributed by atoms with Crippen molar-refractivity contribution in [1.82, 2.24) is 15.3 Å². The van der Waals surface area contributed by atoms with Crippen molar-refractivity contribution in [3.63, 3.8) is 0 Å². The molecule has 5 nitrogen and oxygen atoms in total. The van der Waals surface area contributed by atoms with E-state index < -0.39 is 0 Å². The number of nitrogens with one attached hydrogen (secondary N) is 1. The third-order valence-corrected chi connectivity index (χ3v) is 8.97. The minimum atomic E-state index is 0.535. The number of allylic oxidation sites excluding steroid dienone is 1. The lowest BCUT2D eigenvalue weighted by Crippen LogP contribution is -2.46. The number of aryl methyl sites for hydroxylation is 1. The van der Waals surface area contributed by atoms with Gasteiger partial charge >= 0.3 is 0 Å². The first-order valence-corrected chi connectivity index (χ1v) is 15.0. The zero-order chi connectivity index (χ0) is 26.4. The van der Waals surface area contributed by atoms with Gasteiger partial charge in [0.25, 0.3) is 0 Å². The average Bonchev–Trinajstić information content (AvgIpc) is 2.99. The zero-order valence-corrected chi connectivity index (χ0v) is 24.3. The molecule has 3 aromatic rings. The van der Waals surface area contributed by atoms with Gasteiger partial charge in [-0.3, -0.25) is 0 Å². The lowest BCUT2D eigenvalue weighted by atomic mass is 9.72. The Hall–Kier alpha value is -2.70. The van der Waals surface area contributed by atoms with Crippen LogP contribution in [0.2, 0.25) is 0 Å². The zero-order valence-electron chi connectivity index (χ0n) is 22.7. The Balaban J connectivity index is 0.00000144. The smallest absolute Gasteiger partial charge is 0.225 e. The van der Waals surface area contributed by atoms with E-state index in [4.69, 9.17) is 14.7 Å². The van der Waals surface area contributed by atoms with Crippen molar-refractivity contribution in [3.05, 3.63) is 87.7 Å². The number of aromatic nitrogens is 2. The Morgan fingerprint density at radius 1 is 0.921 bits per heavy atom. The molecular formula is C32H39BrN4O. The molecule has 3 aliphatic rings. The van der Waals surface area contributed by atoms with Crippen LogP contribution >= 0.6 is 15.9 Å². The molecular weight excluding hydrogens is 536 g/mol. The van der Waals surface area contributed by atoms with Crippen molar-refractivity contribution in [1.29, 1.82) is 0 Å². The van der Waals surface area contributed by atoms with Gasteiger partial charge in [-0.2, -0.15) is 0 Å². The lowest BCUT2D eigenvalue weighted by molar-refractivity contribution is 0.154. The molecule has 6 heteroatoms. The Labute approximate surface area is 235 Å². The quantitative estimate of drug-likeness (QED) is 0.350. The SMILES string of the molecule is BrC1=C(c2cnc(N3CCC4(CCNCC4)CC3)nc2)c2ccc(OCc3ccccc3)cc2CC1.CC. The number of rotatable bonds is 5. The Kier molecular flexibility index (Phi) is 8.80. The third kappa shape index (κ3) is 5.97. The number of halogens is 1. The van der Waals surface area contributed by atoms with Crippen LogP contribution in [0.15, 0.2) is 65.4 Å². The van der Waals surface area contributed by atoms with Crippen LogP contribution in [0, 0.1) is 5.41 Å². The minimum absolute atomic E-state index is 0.535. The summed E-state index contributed by atoms with van der Waals surface area (Å²) >= 11 is 3.85. The molecule has 38 heavy (non-hydrogen) atoms. The Morgan fingerprint density at radius 2 is 1.63 bits per heavy atom. The maximum atomic E-state index is 6.09. The fraction of sp³-hybridized carbons (Fsp3) is 0.438.